The van der Waals surface area contributed by atoms with E-state index in [2.05, 4.69) is 11.2 Å². The second-order valence-corrected chi connectivity index (χ2v) is 2.31. The van der Waals surface area contributed by atoms with Crippen LogP contribution >= 0.6 is 0 Å². The van der Waals surface area contributed by atoms with Crippen LogP contribution in [0.2, 0.25) is 0 Å². The van der Waals surface area contributed by atoms with Gasteiger partial charge in [0.2, 0.25) is 0 Å². The second-order valence-electron chi connectivity index (χ2n) is 2.31. The number of aromatic nitrogens is 1. The summed E-state index contributed by atoms with van der Waals surface area (Å²) in [6.45, 7) is 2.40. The van der Waals surface area contributed by atoms with Gasteiger partial charge in [-0.2, -0.15) is 0 Å². The molecular formula is C9H10NO2. The van der Waals surface area contributed by atoms with Gasteiger partial charge < -0.3 is 4.74 Å². The third-order valence-corrected chi connectivity index (χ3v) is 1.29. The summed E-state index contributed by atoms with van der Waals surface area (Å²) >= 11 is 0. The molecule has 1 rings (SSSR count). The summed E-state index contributed by atoms with van der Waals surface area (Å²) in [5.74, 6) is -0.321. The molecule has 63 valence electrons. The van der Waals surface area contributed by atoms with Crippen molar-refractivity contribution in [1.29, 1.82) is 0 Å². The van der Waals surface area contributed by atoms with Gasteiger partial charge in [-0.3, -0.25) is 4.98 Å². The number of ether oxygens (including phenoxy) is 1. The van der Waals surface area contributed by atoms with Crippen LogP contribution in [0.1, 0.15) is 23.7 Å². The summed E-state index contributed by atoms with van der Waals surface area (Å²) < 4.78 is 4.88. The predicted octanol–water partition coefficient (Wildman–Crippen LogP) is 1.45. The molecule has 12 heavy (non-hydrogen) atoms. The van der Waals surface area contributed by atoms with Crippen LogP contribution in [0, 0.1) is 6.20 Å². The van der Waals surface area contributed by atoms with E-state index in [1.165, 1.54) is 6.20 Å². The van der Waals surface area contributed by atoms with Gasteiger partial charge in [0.15, 0.2) is 0 Å². The van der Waals surface area contributed by atoms with E-state index < -0.39 is 0 Å². The summed E-state index contributed by atoms with van der Waals surface area (Å²) in [6, 6.07) is 3.22. The van der Waals surface area contributed by atoms with Crippen LogP contribution in [-0.4, -0.2) is 17.6 Å². The third kappa shape index (κ3) is 2.34. The molecule has 0 saturated carbocycles. The maximum absolute atomic E-state index is 11.1. The maximum Gasteiger partial charge on any atom is 0.339 e. The van der Waals surface area contributed by atoms with Gasteiger partial charge in [-0.25, -0.2) is 4.79 Å². The Morgan fingerprint density at radius 2 is 2.58 bits per heavy atom. The minimum Gasteiger partial charge on any atom is -0.462 e. The Morgan fingerprint density at radius 1 is 1.75 bits per heavy atom. The number of carbonyl (C=O) groups is 1. The summed E-state index contributed by atoms with van der Waals surface area (Å²) in [5, 5.41) is 0. The summed E-state index contributed by atoms with van der Waals surface area (Å²) in [6.07, 6.45) is 4.86. The lowest BCUT2D eigenvalue weighted by Gasteiger charge is -2.00. The molecular weight excluding hydrogens is 154 g/mol. The zero-order chi connectivity index (χ0) is 8.81. The Kier molecular flexibility index (Phi) is 3.26. The Hall–Kier alpha value is -1.38. The molecule has 3 heteroatoms. The second kappa shape index (κ2) is 4.49. The molecule has 0 aromatic carbocycles. The molecule has 0 unspecified atom stereocenters. The van der Waals surface area contributed by atoms with Crippen molar-refractivity contribution in [1.82, 2.24) is 4.98 Å². The number of rotatable bonds is 3. The lowest BCUT2D eigenvalue weighted by molar-refractivity contribution is 0.0504. The SMILES string of the molecule is CCCOC(=O)c1cc[c]nc1. The fourth-order valence-electron chi connectivity index (χ4n) is 0.719. The van der Waals surface area contributed by atoms with Crippen molar-refractivity contribution in [3.05, 3.63) is 30.1 Å². The molecule has 0 aliphatic carbocycles. The molecule has 0 spiro atoms. The highest BCUT2D eigenvalue weighted by molar-refractivity contribution is 5.88. The minimum absolute atomic E-state index is 0.321. The molecule has 3 nitrogen and oxygen atoms in total. The van der Waals surface area contributed by atoms with Crippen LogP contribution in [0.15, 0.2) is 18.3 Å². The lowest BCUT2D eigenvalue weighted by Crippen LogP contribution is -2.05. The van der Waals surface area contributed by atoms with Gasteiger partial charge in [-0.15, -0.1) is 0 Å². The average molecular weight is 164 g/mol. The Bertz CT molecular complexity index is 246. The van der Waals surface area contributed by atoms with Crippen LogP contribution < -0.4 is 0 Å². The topological polar surface area (TPSA) is 39.2 Å². The molecule has 0 bridgehead atoms. The van der Waals surface area contributed by atoms with Crippen molar-refractivity contribution in [2.45, 2.75) is 13.3 Å². The van der Waals surface area contributed by atoms with Gasteiger partial charge in [-0.1, -0.05) is 6.92 Å². The number of esters is 1. The predicted molar refractivity (Wildman–Crippen MR) is 43.6 cm³/mol. The van der Waals surface area contributed by atoms with E-state index in [0.717, 1.165) is 6.42 Å². The maximum atomic E-state index is 11.1. The first-order valence-corrected chi connectivity index (χ1v) is 3.84. The fourth-order valence-corrected chi connectivity index (χ4v) is 0.719. The monoisotopic (exact) mass is 164 g/mol. The lowest BCUT2D eigenvalue weighted by atomic mass is 10.3. The first-order valence-electron chi connectivity index (χ1n) is 3.84. The highest BCUT2D eigenvalue weighted by atomic mass is 16.5. The average Bonchev–Trinajstić information content (AvgIpc) is 2.15. The smallest absolute Gasteiger partial charge is 0.339 e. The number of hydrogen-bond acceptors (Lipinski definition) is 3. The van der Waals surface area contributed by atoms with E-state index in [1.54, 1.807) is 12.1 Å². The van der Waals surface area contributed by atoms with E-state index in [0.29, 0.717) is 12.2 Å². The largest absolute Gasteiger partial charge is 0.462 e. The number of nitrogens with zero attached hydrogens (tertiary/aromatic N) is 1. The van der Waals surface area contributed by atoms with Crippen LogP contribution in [-0.2, 0) is 4.74 Å². The van der Waals surface area contributed by atoms with Gasteiger partial charge in [0.05, 0.1) is 18.4 Å². The van der Waals surface area contributed by atoms with Crippen LogP contribution in [0.4, 0.5) is 0 Å². The van der Waals surface area contributed by atoms with Crippen LogP contribution in [0.5, 0.6) is 0 Å². The van der Waals surface area contributed by atoms with E-state index in [9.17, 15) is 4.79 Å². The normalized spacial score (nSPS) is 9.42. The Labute approximate surface area is 71.4 Å². The van der Waals surface area contributed by atoms with Gasteiger partial charge in [0.1, 0.15) is 0 Å². The zero-order valence-electron chi connectivity index (χ0n) is 6.91. The number of hydrogen-bond donors (Lipinski definition) is 0. The molecule has 0 fully saturated rings. The van der Waals surface area contributed by atoms with Crippen LogP contribution in [0.25, 0.3) is 0 Å². The first kappa shape index (κ1) is 8.71. The zero-order valence-corrected chi connectivity index (χ0v) is 6.91. The van der Waals surface area contributed by atoms with Crippen molar-refractivity contribution in [2.24, 2.45) is 0 Å². The number of carbonyl (C=O) groups excluding carboxylic acids is 1. The molecule has 1 heterocycles. The van der Waals surface area contributed by atoms with E-state index in [1.807, 2.05) is 6.92 Å². The van der Waals surface area contributed by atoms with Gasteiger partial charge >= 0.3 is 5.97 Å². The van der Waals surface area contributed by atoms with Crippen molar-refractivity contribution >= 4 is 5.97 Å². The first-order chi connectivity index (χ1) is 5.84. The van der Waals surface area contributed by atoms with Gasteiger partial charge in [-0.05, 0) is 18.6 Å². The van der Waals surface area contributed by atoms with Crippen molar-refractivity contribution in [2.75, 3.05) is 6.61 Å². The fraction of sp³-hybridized carbons (Fsp3) is 0.333. The van der Waals surface area contributed by atoms with Crippen molar-refractivity contribution in [3.63, 3.8) is 0 Å². The van der Waals surface area contributed by atoms with Gasteiger partial charge in [0, 0.05) is 6.20 Å². The summed E-state index contributed by atoms with van der Waals surface area (Å²) in [4.78, 5) is 14.8. The van der Waals surface area contributed by atoms with Crippen molar-refractivity contribution < 1.29 is 9.53 Å². The Balaban J connectivity index is 2.54. The summed E-state index contributed by atoms with van der Waals surface area (Å²) in [5.41, 5.74) is 0.474. The molecule has 0 atom stereocenters. The van der Waals surface area contributed by atoms with Gasteiger partial charge in [0.25, 0.3) is 0 Å². The molecule has 0 aliphatic rings. The van der Waals surface area contributed by atoms with E-state index in [4.69, 9.17) is 4.74 Å². The third-order valence-electron chi connectivity index (χ3n) is 1.29. The van der Waals surface area contributed by atoms with Crippen LogP contribution in [0.3, 0.4) is 0 Å². The van der Waals surface area contributed by atoms with E-state index >= 15 is 0 Å². The van der Waals surface area contributed by atoms with Crippen molar-refractivity contribution in [3.8, 4) is 0 Å². The number of pyridine rings is 1. The highest BCUT2D eigenvalue weighted by Gasteiger charge is 2.04. The summed E-state index contributed by atoms with van der Waals surface area (Å²) in [7, 11) is 0. The highest BCUT2D eigenvalue weighted by Crippen LogP contribution is 1.98. The molecule has 1 aromatic rings. The Morgan fingerprint density at radius 3 is 3.17 bits per heavy atom. The molecule has 0 saturated heterocycles. The molecule has 1 radical (unpaired) electrons. The standard InChI is InChI=1S/C9H10NO2/c1-2-6-12-9(11)8-4-3-5-10-7-8/h3-4,7H,2,6H2,1H3. The molecule has 0 amide bonds. The molecule has 0 aliphatic heterocycles. The quantitative estimate of drug-likeness (QED) is 0.635. The molecule has 0 N–H and O–H groups in total. The minimum atomic E-state index is -0.321. The molecule has 1 aromatic heterocycles. The van der Waals surface area contributed by atoms with E-state index in [-0.39, 0.29) is 5.97 Å².